The van der Waals surface area contributed by atoms with Crippen molar-refractivity contribution < 1.29 is 23.8 Å². The lowest BCUT2D eigenvalue weighted by Gasteiger charge is -2.44. The first-order chi connectivity index (χ1) is 15.4. The second-order valence-electron chi connectivity index (χ2n) is 8.55. The fourth-order valence-electron chi connectivity index (χ4n) is 4.44. The Hall–Kier alpha value is -2.86. The van der Waals surface area contributed by atoms with E-state index in [4.69, 9.17) is 14.2 Å². The van der Waals surface area contributed by atoms with Crippen molar-refractivity contribution in [3.63, 3.8) is 0 Å². The fraction of sp³-hybridized carbons (Fsp3) is 0.462. The van der Waals surface area contributed by atoms with Crippen LogP contribution in [0.5, 0.6) is 5.75 Å². The van der Waals surface area contributed by atoms with Gasteiger partial charge in [0, 0.05) is 12.5 Å². The molecule has 1 fully saturated rings. The van der Waals surface area contributed by atoms with Crippen LogP contribution in [0.2, 0.25) is 0 Å². The number of likely N-dealkylation sites (N-methyl/N-ethyl adjacent to an activating group) is 1. The SMILES string of the molecule is CCOC(=O)Oc1ccc(C(CN(C)C)C2(OC(=O)c3ccccc3)CCCCC2)cc1. The third kappa shape index (κ3) is 6.10. The summed E-state index contributed by atoms with van der Waals surface area (Å²) in [5, 5.41) is 0. The van der Waals surface area contributed by atoms with Gasteiger partial charge in [-0.15, -0.1) is 0 Å². The van der Waals surface area contributed by atoms with Gasteiger partial charge in [0.25, 0.3) is 0 Å². The molecule has 0 amide bonds. The lowest BCUT2D eigenvalue weighted by molar-refractivity contribution is -0.0575. The zero-order chi connectivity index (χ0) is 23.0. The number of carbonyl (C=O) groups is 2. The molecule has 2 aromatic carbocycles. The highest BCUT2D eigenvalue weighted by Crippen LogP contribution is 2.44. The second kappa shape index (κ2) is 11.1. The van der Waals surface area contributed by atoms with E-state index >= 15 is 0 Å². The van der Waals surface area contributed by atoms with Gasteiger partial charge in [-0.1, -0.05) is 36.8 Å². The summed E-state index contributed by atoms with van der Waals surface area (Å²) in [6.07, 6.45) is 4.12. The normalized spacial score (nSPS) is 16.2. The van der Waals surface area contributed by atoms with Crippen LogP contribution in [0.1, 0.15) is 60.9 Å². The molecule has 0 bridgehead atoms. The van der Waals surface area contributed by atoms with E-state index in [-0.39, 0.29) is 18.5 Å². The molecular formula is C26H33NO5. The average Bonchev–Trinajstić information content (AvgIpc) is 2.79. The van der Waals surface area contributed by atoms with Gasteiger partial charge >= 0.3 is 12.1 Å². The number of hydrogen-bond acceptors (Lipinski definition) is 6. The van der Waals surface area contributed by atoms with E-state index in [1.807, 2.05) is 44.4 Å². The minimum Gasteiger partial charge on any atom is -0.455 e. The van der Waals surface area contributed by atoms with Crippen LogP contribution in [-0.4, -0.2) is 49.9 Å². The number of carbonyl (C=O) groups excluding carboxylic acids is 2. The number of esters is 1. The largest absolute Gasteiger partial charge is 0.513 e. The van der Waals surface area contributed by atoms with E-state index in [0.717, 1.165) is 44.2 Å². The Balaban J connectivity index is 1.89. The fourth-order valence-corrected chi connectivity index (χ4v) is 4.44. The van der Waals surface area contributed by atoms with Crippen LogP contribution in [0.4, 0.5) is 4.79 Å². The van der Waals surface area contributed by atoms with Gasteiger partial charge in [-0.05, 0) is 76.5 Å². The van der Waals surface area contributed by atoms with Gasteiger partial charge < -0.3 is 19.1 Å². The van der Waals surface area contributed by atoms with Crippen LogP contribution in [0.3, 0.4) is 0 Å². The first kappa shape index (κ1) is 23.8. The summed E-state index contributed by atoms with van der Waals surface area (Å²) in [7, 11) is 4.06. The molecular weight excluding hydrogens is 406 g/mol. The monoisotopic (exact) mass is 439 g/mol. The van der Waals surface area contributed by atoms with E-state index in [1.165, 1.54) is 0 Å². The van der Waals surface area contributed by atoms with Crippen LogP contribution in [0, 0.1) is 0 Å². The number of benzene rings is 2. The van der Waals surface area contributed by atoms with Crippen molar-refractivity contribution in [1.82, 2.24) is 4.90 Å². The van der Waals surface area contributed by atoms with Gasteiger partial charge in [0.2, 0.25) is 0 Å². The third-order valence-corrected chi connectivity index (χ3v) is 5.93. The van der Waals surface area contributed by atoms with E-state index < -0.39 is 11.8 Å². The quantitative estimate of drug-likeness (QED) is 0.404. The van der Waals surface area contributed by atoms with Gasteiger partial charge in [-0.25, -0.2) is 9.59 Å². The Morgan fingerprint density at radius 3 is 2.22 bits per heavy atom. The summed E-state index contributed by atoms with van der Waals surface area (Å²) in [5.41, 5.74) is 1.04. The van der Waals surface area contributed by atoms with Crippen molar-refractivity contribution >= 4 is 12.1 Å². The Bertz CT molecular complexity index is 873. The number of nitrogens with zero attached hydrogens (tertiary/aromatic N) is 1. The third-order valence-electron chi connectivity index (χ3n) is 5.93. The summed E-state index contributed by atoms with van der Waals surface area (Å²) in [6.45, 7) is 2.73. The van der Waals surface area contributed by atoms with Gasteiger partial charge in [-0.2, -0.15) is 0 Å². The molecule has 32 heavy (non-hydrogen) atoms. The van der Waals surface area contributed by atoms with Crippen molar-refractivity contribution in [1.29, 1.82) is 0 Å². The Morgan fingerprint density at radius 2 is 1.62 bits per heavy atom. The molecule has 2 aromatic rings. The molecule has 0 aromatic heterocycles. The van der Waals surface area contributed by atoms with E-state index in [2.05, 4.69) is 4.90 Å². The van der Waals surface area contributed by atoms with Gasteiger partial charge in [0.15, 0.2) is 0 Å². The first-order valence-electron chi connectivity index (χ1n) is 11.3. The molecule has 1 unspecified atom stereocenters. The predicted molar refractivity (Wildman–Crippen MR) is 123 cm³/mol. The standard InChI is InChI=1S/C26H33NO5/c1-4-30-25(29)31-22-15-13-20(14-16-22)23(19-27(2)3)26(17-9-6-10-18-26)32-24(28)21-11-7-5-8-12-21/h5,7-8,11-16,23H,4,6,9-10,17-19H2,1-3H3. The number of hydrogen-bond donors (Lipinski definition) is 0. The highest BCUT2D eigenvalue weighted by molar-refractivity contribution is 5.89. The van der Waals surface area contributed by atoms with Crippen LogP contribution in [0.25, 0.3) is 0 Å². The van der Waals surface area contributed by atoms with Crippen LogP contribution < -0.4 is 4.74 Å². The number of ether oxygens (including phenoxy) is 3. The van der Waals surface area contributed by atoms with Crippen molar-refractivity contribution in [3.8, 4) is 5.75 Å². The van der Waals surface area contributed by atoms with Crippen molar-refractivity contribution in [2.45, 2.75) is 50.5 Å². The van der Waals surface area contributed by atoms with Gasteiger partial charge in [0.1, 0.15) is 11.4 Å². The summed E-state index contributed by atoms with van der Waals surface area (Å²) in [4.78, 5) is 26.8. The topological polar surface area (TPSA) is 65.1 Å². The molecule has 1 atom stereocenters. The molecule has 1 aliphatic rings. The molecule has 0 saturated heterocycles. The average molecular weight is 440 g/mol. The van der Waals surface area contributed by atoms with E-state index in [9.17, 15) is 9.59 Å². The molecule has 1 aliphatic carbocycles. The summed E-state index contributed by atoms with van der Waals surface area (Å²) >= 11 is 0. The maximum atomic E-state index is 13.1. The predicted octanol–water partition coefficient (Wildman–Crippen LogP) is 5.43. The van der Waals surface area contributed by atoms with Crippen LogP contribution >= 0.6 is 0 Å². The molecule has 1 saturated carbocycles. The molecule has 0 spiro atoms. The zero-order valence-electron chi connectivity index (χ0n) is 19.2. The maximum Gasteiger partial charge on any atom is 0.513 e. The van der Waals surface area contributed by atoms with E-state index in [0.29, 0.717) is 11.3 Å². The second-order valence-corrected chi connectivity index (χ2v) is 8.55. The minimum absolute atomic E-state index is 0.0119. The van der Waals surface area contributed by atoms with Crippen LogP contribution in [0.15, 0.2) is 54.6 Å². The highest BCUT2D eigenvalue weighted by atomic mass is 16.7. The molecule has 6 nitrogen and oxygen atoms in total. The Morgan fingerprint density at radius 1 is 0.969 bits per heavy atom. The lowest BCUT2D eigenvalue weighted by atomic mass is 9.72. The maximum absolute atomic E-state index is 13.1. The highest BCUT2D eigenvalue weighted by Gasteiger charge is 2.44. The smallest absolute Gasteiger partial charge is 0.455 e. The molecule has 172 valence electrons. The first-order valence-corrected chi connectivity index (χ1v) is 11.3. The summed E-state index contributed by atoms with van der Waals surface area (Å²) < 4.78 is 16.4. The lowest BCUT2D eigenvalue weighted by Crippen LogP contribution is -2.46. The molecule has 0 heterocycles. The van der Waals surface area contributed by atoms with Crippen molar-refractivity contribution in [2.24, 2.45) is 0 Å². The summed E-state index contributed by atoms with van der Waals surface area (Å²) in [5.74, 6) is 0.135. The Labute approximate surface area is 190 Å². The zero-order valence-corrected chi connectivity index (χ0v) is 19.2. The molecule has 3 rings (SSSR count). The van der Waals surface area contributed by atoms with Crippen molar-refractivity contribution in [2.75, 3.05) is 27.2 Å². The molecule has 0 N–H and O–H groups in total. The number of rotatable bonds is 8. The molecule has 0 radical (unpaired) electrons. The van der Waals surface area contributed by atoms with E-state index in [1.54, 1.807) is 31.2 Å². The minimum atomic E-state index is -0.717. The van der Waals surface area contributed by atoms with Gasteiger partial charge in [-0.3, -0.25) is 0 Å². The van der Waals surface area contributed by atoms with Crippen molar-refractivity contribution in [3.05, 3.63) is 65.7 Å². The summed E-state index contributed by atoms with van der Waals surface area (Å²) in [6, 6.07) is 16.6. The Kier molecular flexibility index (Phi) is 8.28. The van der Waals surface area contributed by atoms with Gasteiger partial charge in [0.05, 0.1) is 12.2 Å². The van der Waals surface area contributed by atoms with Crippen LogP contribution in [-0.2, 0) is 9.47 Å². The molecule has 0 aliphatic heterocycles. The molecule has 6 heteroatoms.